The van der Waals surface area contributed by atoms with Gasteiger partial charge in [-0.1, -0.05) is 6.92 Å². The Morgan fingerprint density at radius 3 is 2.63 bits per heavy atom. The van der Waals surface area contributed by atoms with Crippen LogP contribution in [0.3, 0.4) is 0 Å². The van der Waals surface area contributed by atoms with Crippen LogP contribution in [0.25, 0.3) is 10.2 Å². The SMILES string of the molecule is CCC(C)n1c(=O)c2cc(C(=O)O)sc2n(C)c1=O. The molecule has 2 rings (SSSR count). The second-order valence-electron chi connectivity index (χ2n) is 4.41. The molecule has 2 heterocycles. The van der Waals surface area contributed by atoms with E-state index in [0.717, 1.165) is 11.3 Å². The minimum absolute atomic E-state index is 0.0593. The number of carboxylic acids is 1. The van der Waals surface area contributed by atoms with Crippen molar-refractivity contribution in [2.75, 3.05) is 0 Å². The number of aryl methyl sites for hydroxylation is 1. The van der Waals surface area contributed by atoms with Crippen molar-refractivity contribution in [3.8, 4) is 0 Å². The molecule has 1 N–H and O–H groups in total. The summed E-state index contributed by atoms with van der Waals surface area (Å²) in [4.78, 5) is 35.9. The lowest BCUT2D eigenvalue weighted by Crippen LogP contribution is -2.40. The van der Waals surface area contributed by atoms with Crippen molar-refractivity contribution in [2.24, 2.45) is 7.05 Å². The Bertz CT molecular complexity index is 768. The Morgan fingerprint density at radius 2 is 2.11 bits per heavy atom. The molecule has 0 aliphatic carbocycles. The second-order valence-corrected chi connectivity index (χ2v) is 5.44. The molecule has 7 heteroatoms. The molecule has 0 saturated heterocycles. The maximum absolute atomic E-state index is 12.3. The van der Waals surface area contributed by atoms with Crippen LogP contribution in [0.1, 0.15) is 36.0 Å². The van der Waals surface area contributed by atoms with E-state index in [-0.39, 0.29) is 16.3 Å². The van der Waals surface area contributed by atoms with Gasteiger partial charge in [0.1, 0.15) is 9.71 Å². The standard InChI is InChI=1S/C12H14N2O4S/c1-4-6(2)14-9(15)7-5-8(11(16)17)19-10(7)13(3)12(14)18/h5-6H,4H2,1-3H3,(H,16,17). The summed E-state index contributed by atoms with van der Waals surface area (Å²) in [6, 6.07) is 1.12. The van der Waals surface area contributed by atoms with Crippen LogP contribution in [0.2, 0.25) is 0 Å². The van der Waals surface area contributed by atoms with E-state index in [9.17, 15) is 14.4 Å². The van der Waals surface area contributed by atoms with Crippen LogP contribution in [0.5, 0.6) is 0 Å². The number of fused-ring (bicyclic) bond motifs is 1. The van der Waals surface area contributed by atoms with Crippen molar-refractivity contribution in [1.29, 1.82) is 0 Å². The Labute approximate surface area is 112 Å². The summed E-state index contributed by atoms with van der Waals surface area (Å²) < 4.78 is 2.51. The summed E-state index contributed by atoms with van der Waals surface area (Å²) in [5.41, 5.74) is -0.832. The number of carbonyl (C=O) groups is 1. The van der Waals surface area contributed by atoms with Crippen molar-refractivity contribution in [3.05, 3.63) is 31.8 Å². The molecule has 19 heavy (non-hydrogen) atoms. The van der Waals surface area contributed by atoms with Gasteiger partial charge in [0, 0.05) is 13.1 Å². The molecule has 0 aliphatic heterocycles. The lowest BCUT2D eigenvalue weighted by Gasteiger charge is -2.13. The van der Waals surface area contributed by atoms with Crippen LogP contribution in [0, 0.1) is 0 Å². The summed E-state index contributed by atoms with van der Waals surface area (Å²) in [6.07, 6.45) is 0.649. The summed E-state index contributed by atoms with van der Waals surface area (Å²) in [5, 5.41) is 9.26. The van der Waals surface area contributed by atoms with E-state index in [2.05, 4.69) is 0 Å². The average molecular weight is 282 g/mol. The van der Waals surface area contributed by atoms with Crippen LogP contribution < -0.4 is 11.2 Å². The quantitative estimate of drug-likeness (QED) is 0.923. The third-order valence-corrected chi connectivity index (χ3v) is 4.40. The number of nitrogens with zero attached hydrogens (tertiary/aromatic N) is 2. The smallest absolute Gasteiger partial charge is 0.345 e. The number of aromatic carboxylic acids is 1. The Morgan fingerprint density at radius 1 is 1.47 bits per heavy atom. The molecular formula is C12H14N2O4S. The van der Waals surface area contributed by atoms with E-state index in [4.69, 9.17) is 5.11 Å². The van der Waals surface area contributed by atoms with Gasteiger partial charge in [-0.15, -0.1) is 11.3 Å². The first-order valence-electron chi connectivity index (χ1n) is 5.86. The zero-order valence-corrected chi connectivity index (χ0v) is 11.7. The first-order chi connectivity index (χ1) is 8.88. The van der Waals surface area contributed by atoms with E-state index in [1.165, 1.54) is 15.2 Å². The van der Waals surface area contributed by atoms with Gasteiger partial charge in [0.05, 0.1) is 5.39 Å². The number of rotatable bonds is 3. The lowest BCUT2D eigenvalue weighted by atomic mass is 10.2. The third-order valence-electron chi connectivity index (χ3n) is 3.20. The fourth-order valence-corrected chi connectivity index (χ4v) is 2.87. The summed E-state index contributed by atoms with van der Waals surface area (Å²) >= 11 is 0.938. The topological polar surface area (TPSA) is 81.3 Å². The molecule has 0 aromatic carbocycles. The zero-order valence-electron chi connectivity index (χ0n) is 10.8. The molecule has 2 aromatic rings. The van der Waals surface area contributed by atoms with Crippen LogP contribution in [0.4, 0.5) is 0 Å². The van der Waals surface area contributed by atoms with E-state index < -0.39 is 17.2 Å². The maximum Gasteiger partial charge on any atom is 0.345 e. The number of carboxylic acid groups (broad SMARTS) is 1. The fourth-order valence-electron chi connectivity index (χ4n) is 1.93. The molecule has 1 atom stereocenters. The molecule has 0 radical (unpaired) electrons. The average Bonchev–Trinajstić information content (AvgIpc) is 2.81. The Balaban J connectivity index is 2.92. The van der Waals surface area contributed by atoms with Gasteiger partial charge in [-0.3, -0.25) is 13.9 Å². The van der Waals surface area contributed by atoms with Crippen molar-refractivity contribution in [2.45, 2.75) is 26.3 Å². The highest BCUT2D eigenvalue weighted by atomic mass is 32.1. The Kier molecular flexibility index (Phi) is 3.32. The van der Waals surface area contributed by atoms with Crippen LogP contribution in [-0.4, -0.2) is 20.2 Å². The highest BCUT2D eigenvalue weighted by Crippen LogP contribution is 2.22. The van der Waals surface area contributed by atoms with Crippen molar-refractivity contribution in [3.63, 3.8) is 0 Å². The predicted molar refractivity (Wildman–Crippen MR) is 73.3 cm³/mol. The summed E-state index contributed by atoms with van der Waals surface area (Å²) in [6.45, 7) is 3.68. The fraction of sp³-hybridized carbons (Fsp3) is 0.417. The molecule has 0 amide bonds. The number of hydrogen-bond acceptors (Lipinski definition) is 4. The predicted octanol–water partition coefficient (Wildman–Crippen LogP) is 1.43. The van der Waals surface area contributed by atoms with Crippen LogP contribution in [0.15, 0.2) is 15.7 Å². The third kappa shape index (κ3) is 1.99. The molecule has 0 saturated carbocycles. The Hall–Kier alpha value is -1.89. The normalized spacial score (nSPS) is 12.8. The van der Waals surface area contributed by atoms with Gasteiger partial charge < -0.3 is 5.11 Å². The largest absolute Gasteiger partial charge is 0.477 e. The minimum atomic E-state index is -1.09. The van der Waals surface area contributed by atoms with Gasteiger partial charge in [0.2, 0.25) is 0 Å². The van der Waals surface area contributed by atoms with E-state index in [0.29, 0.717) is 11.3 Å². The van der Waals surface area contributed by atoms with Crippen molar-refractivity contribution >= 4 is 27.5 Å². The molecule has 0 bridgehead atoms. The van der Waals surface area contributed by atoms with Gasteiger partial charge in [0.15, 0.2) is 0 Å². The summed E-state index contributed by atoms with van der Waals surface area (Å²) in [5.74, 6) is -1.09. The molecule has 1 unspecified atom stereocenters. The van der Waals surface area contributed by atoms with Gasteiger partial charge in [-0.05, 0) is 19.4 Å². The molecular weight excluding hydrogens is 268 g/mol. The number of thiophene rings is 1. The van der Waals surface area contributed by atoms with Crippen molar-refractivity contribution < 1.29 is 9.90 Å². The number of hydrogen-bond donors (Lipinski definition) is 1. The monoisotopic (exact) mass is 282 g/mol. The molecule has 2 aromatic heterocycles. The first-order valence-corrected chi connectivity index (χ1v) is 6.68. The van der Waals surface area contributed by atoms with Gasteiger partial charge in [0.25, 0.3) is 5.56 Å². The molecule has 0 aliphatic rings. The lowest BCUT2D eigenvalue weighted by molar-refractivity contribution is 0.0702. The molecule has 0 fully saturated rings. The molecule has 6 nitrogen and oxygen atoms in total. The minimum Gasteiger partial charge on any atom is -0.477 e. The molecule has 0 spiro atoms. The van der Waals surface area contributed by atoms with E-state index in [1.54, 1.807) is 14.0 Å². The number of aromatic nitrogens is 2. The van der Waals surface area contributed by atoms with Gasteiger partial charge in [-0.25, -0.2) is 9.59 Å². The first kappa shape index (κ1) is 13.5. The molecule has 102 valence electrons. The van der Waals surface area contributed by atoms with Gasteiger partial charge >= 0.3 is 11.7 Å². The van der Waals surface area contributed by atoms with E-state index >= 15 is 0 Å². The highest BCUT2D eigenvalue weighted by Gasteiger charge is 2.19. The van der Waals surface area contributed by atoms with E-state index in [1.807, 2.05) is 6.92 Å². The summed E-state index contributed by atoms with van der Waals surface area (Å²) in [7, 11) is 1.55. The van der Waals surface area contributed by atoms with Crippen LogP contribution >= 0.6 is 11.3 Å². The zero-order chi connectivity index (χ0) is 14.3. The van der Waals surface area contributed by atoms with Crippen LogP contribution in [-0.2, 0) is 7.05 Å². The van der Waals surface area contributed by atoms with Gasteiger partial charge in [-0.2, -0.15) is 0 Å². The van der Waals surface area contributed by atoms with Crippen molar-refractivity contribution in [1.82, 2.24) is 9.13 Å². The maximum atomic E-state index is 12.3. The highest BCUT2D eigenvalue weighted by molar-refractivity contribution is 7.20. The second kappa shape index (κ2) is 4.65.